The third-order valence-electron chi connectivity index (χ3n) is 3.85. The van der Waals surface area contributed by atoms with E-state index in [1.165, 1.54) is 30.5 Å². The van der Waals surface area contributed by atoms with E-state index in [9.17, 15) is 0 Å². The van der Waals surface area contributed by atoms with Crippen molar-refractivity contribution in [2.45, 2.75) is 25.4 Å². The summed E-state index contributed by atoms with van der Waals surface area (Å²) in [7, 11) is 3.45. The first-order valence-electron chi connectivity index (χ1n) is 7.14. The Bertz CT molecular complexity index is 375. The van der Waals surface area contributed by atoms with Crippen LogP contribution < -0.4 is 5.32 Å². The van der Waals surface area contributed by atoms with Gasteiger partial charge in [0.05, 0.1) is 6.61 Å². The zero-order valence-corrected chi connectivity index (χ0v) is 12.0. The highest BCUT2D eigenvalue weighted by atomic mass is 16.5. The van der Waals surface area contributed by atoms with Crippen molar-refractivity contribution in [2.75, 3.05) is 33.9 Å². The summed E-state index contributed by atoms with van der Waals surface area (Å²) in [4.78, 5) is 0. The van der Waals surface area contributed by atoms with E-state index in [1.54, 1.807) is 14.2 Å². The van der Waals surface area contributed by atoms with Crippen LogP contribution in [0.5, 0.6) is 0 Å². The van der Waals surface area contributed by atoms with Crippen molar-refractivity contribution in [2.24, 2.45) is 5.92 Å². The predicted molar refractivity (Wildman–Crippen MR) is 77.4 cm³/mol. The van der Waals surface area contributed by atoms with E-state index in [0.717, 1.165) is 18.9 Å². The van der Waals surface area contributed by atoms with E-state index in [0.29, 0.717) is 6.61 Å². The van der Waals surface area contributed by atoms with Gasteiger partial charge in [0.25, 0.3) is 0 Å². The molecule has 3 nitrogen and oxygen atoms in total. The van der Waals surface area contributed by atoms with E-state index < -0.39 is 0 Å². The lowest BCUT2D eigenvalue weighted by Crippen LogP contribution is -2.30. The molecule has 0 saturated carbocycles. The van der Waals surface area contributed by atoms with Crippen molar-refractivity contribution in [1.29, 1.82) is 0 Å². The molecule has 1 fully saturated rings. The first kappa shape index (κ1) is 14.5. The molecule has 1 saturated heterocycles. The predicted octanol–water partition coefficient (Wildman–Crippen LogP) is 2.56. The van der Waals surface area contributed by atoms with E-state index >= 15 is 0 Å². The monoisotopic (exact) mass is 263 g/mol. The summed E-state index contributed by atoms with van der Waals surface area (Å²) < 4.78 is 10.7. The van der Waals surface area contributed by atoms with Crippen molar-refractivity contribution in [3.05, 3.63) is 35.4 Å². The first-order valence-corrected chi connectivity index (χ1v) is 7.14. The van der Waals surface area contributed by atoms with Gasteiger partial charge in [-0.3, -0.25) is 0 Å². The number of hydrogen-bond acceptors (Lipinski definition) is 3. The van der Waals surface area contributed by atoms with Gasteiger partial charge in [0, 0.05) is 14.2 Å². The molecule has 1 N–H and O–H groups in total. The molecule has 0 spiro atoms. The normalized spacial score (nSPS) is 21.3. The Morgan fingerprint density at radius 2 is 2.26 bits per heavy atom. The Morgan fingerprint density at radius 3 is 2.95 bits per heavy atom. The molecule has 0 radical (unpaired) electrons. The van der Waals surface area contributed by atoms with Gasteiger partial charge < -0.3 is 14.8 Å². The van der Waals surface area contributed by atoms with Crippen molar-refractivity contribution < 1.29 is 9.47 Å². The number of hydrogen-bond donors (Lipinski definition) is 1. The summed E-state index contributed by atoms with van der Waals surface area (Å²) in [5.74, 6) is 0.771. The van der Waals surface area contributed by atoms with E-state index in [-0.39, 0.29) is 6.10 Å². The molecule has 0 aliphatic carbocycles. The second kappa shape index (κ2) is 7.63. The molecule has 0 aromatic heterocycles. The van der Waals surface area contributed by atoms with Gasteiger partial charge in [-0.05, 0) is 49.4 Å². The Hall–Kier alpha value is -0.900. The fourth-order valence-electron chi connectivity index (χ4n) is 2.80. The summed E-state index contributed by atoms with van der Waals surface area (Å²) in [5, 5.41) is 3.48. The maximum absolute atomic E-state index is 5.48. The Balaban J connectivity index is 2.01. The molecule has 1 aliphatic heterocycles. The highest BCUT2D eigenvalue weighted by Crippen LogP contribution is 2.21. The quantitative estimate of drug-likeness (QED) is 0.855. The lowest BCUT2D eigenvalue weighted by atomic mass is 9.91. The third-order valence-corrected chi connectivity index (χ3v) is 3.85. The second-order valence-corrected chi connectivity index (χ2v) is 5.34. The fraction of sp³-hybridized carbons (Fsp3) is 0.625. The van der Waals surface area contributed by atoms with Crippen LogP contribution in [0.4, 0.5) is 0 Å². The standard InChI is InChI=1S/C16H25NO2/c1-18-12-16(19-2)15-7-3-5-13(10-15)9-14-6-4-8-17-11-14/h3,5,7,10,14,16-17H,4,6,8-9,11-12H2,1-2H3. The van der Waals surface area contributed by atoms with Crippen LogP contribution in [0.25, 0.3) is 0 Å². The zero-order valence-electron chi connectivity index (χ0n) is 12.0. The molecule has 1 heterocycles. The van der Waals surface area contributed by atoms with Gasteiger partial charge in [0.15, 0.2) is 0 Å². The van der Waals surface area contributed by atoms with E-state index in [1.807, 2.05) is 0 Å². The molecule has 19 heavy (non-hydrogen) atoms. The van der Waals surface area contributed by atoms with E-state index in [2.05, 4.69) is 29.6 Å². The van der Waals surface area contributed by atoms with Crippen molar-refractivity contribution in [3.63, 3.8) is 0 Å². The molecule has 0 bridgehead atoms. The number of ether oxygens (including phenoxy) is 2. The smallest absolute Gasteiger partial charge is 0.105 e. The fourth-order valence-corrected chi connectivity index (χ4v) is 2.80. The topological polar surface area (TPSA) is 30.5 Å². The van der Waals surface area contributed by atoms with Gasteiger partial charge in [-0.15, -0.1) is 0 Å². The summed E-state index contributed by atoms with van der Waals surface area (Å²) in [5.41, 5.74) is 2.62. The molecule has 2 unspecified atom stereocenters. The van der Waals surface area contributed by atoms with Crippen LogP contribution in [-0.2, 0) is 15.9 Å². The average molecular weight is 263 g/mol. The van der Waals surface area contributed by atoms with Crippen LogP contribution in [0.1, 0.15) is 30.1 Å². The maximum Gasteiger partial charge on any atom is 0.105 e. The van der Waals surface area contributed by atoms with Gasteiger partial charge in [0.1, 0.15) is 6.10 Å². The van der Waals surface area contributed by atoms with Gasteiger partial charge in [-0.1, -0.05) is 24.3 Å². The minimum absolute atomic E-state index is 0.0365. The SMILES string of the molecule is COCC(OC)c1cccc(CC2CCCNC2)c1. The van der Waals surface area contributed by atoms with Crippen molar-refractivity contribution in [1.82, 2.24) is 5.32 Å². The number of methoxy groups -OCH3 is 2. The molecule has 106 valence electrons. The highest BCUT2D eigenvalue weighted by molar-refractivity contribution is 5.26. The minimum Gasteiger partial charge on any atom is -0.382 e. The van der Waals surface area contributed by atoms with Crippen LogP contribution in [0.3, 0.4) is 0 Å². The van der Waals surface area contributed by atoms with Crippen LogP contribution in [0.15, 0.2) is 24.3 Å². The maximum atomic E-state index is 5.48. The minimum atomic E-state index is 0.0365. The van der Waals surface area contributed by atoms with Crippen LogP contribution in [-0.4, -0.2) is 33.9 Å². The summed E-state index contributed by atoms with van der Waals surface area (Å²) >= 11 is 0. The van der Waals surface area contributed by atoms with Crippen molar-refractivity contribution in [3.8, 4) is 0 Å². The Kier molecular flexibility index (Phi) is 5.83. The van der Waals surface area contributed by atoms with E-state index in [4.69, 9.17) is 9.47 Å². The Morgan fingerprint density at radius 1 is 1.37 bits per heavy atom. The van der Waals surface area contributed by atoms with Gasteiger partial charge >= 0.3 is 0 Å². The van der Waals surface area contributed by atoms with Crippen LogP contribution >= 0.6 is 0 Å². The molecule has 3 heteroatoms. The molecule has 2 atom stereocenters. The third kappa shape index (κ3) is 4.30. The van der Waals surface area contributed by atoms with Crippen LogP contribution in [0.2, 0.25) is 0 Å². The number of rotatable bonds is 6. The molecule has 1 aromatic rings. The first-order chi connectivity index (χ1) is 9.33. The molecule has 1 aliphatic rings. The van der Waals surface area contributed by atoms with Gasteiger partial charge in [-0.2, -0.15) is 0 Å². The lowest BCUT2D eigenvalue weighted by molar-refractivity contribution is 0.0274. The zero-order chi connectivity index (χ0) is 13.5. The molecule has 2 rings (SSSR count). The number of nitrogens with one attached hydrogen (secondary N) is 1. The molecular weight excluding hydrogens is 238 g/mol. The highest BCUT2D eigenvalue weighted by Gasteiger charge is 2.15. The van der Waals surface area contributed by atoms with Crippen molar-refractivity contribution >= 4 is 0 Å². The molecule has 0 amide bonds. The molecule has 1 aromatic carbocycles. The largest absolute Gasteiger partial charge is 0.382 e. The summed E-state index contributed by atoms with van der Waals surface area (Å²) in [6, 6.07) is 8.73. The number of benzene rings is 1. The average Bonchev–Trinajstić information content (AvgIpc) is 2.46. The summed E-state index contributed by atoms with van der Waals surface area (Å²) in [6.45, 7) is 2.93. The summed E-state index contributed by atoms with van der Waals surface area (Å²) in [6.07, 6.45) is 3.83. The van der Waals surface area contributed by atoms with Crippen LogP contribution in [0, 0.1) is 5.92 Å². The Labute approximate surface area is 116 Å². The number of piperidine rings is 1. The second-order valence-electron chi connectivity index (χ2n) is 5.34. The lowest BCUT2D eigenvalue weighted by Gasteiger charge is -2.23. The molecular formula is C16H25NO2. The van der Waals surface area contributed by atoms with Gasteiger partial charge in [-0.25, -0.2) is 0 Å². The van der Waals surface area contributed by atoms with Gasteiger partial charge in [0.2, 0.25) is 0 Å².